The van der Waals surface area contributed by atoms with Crippen molar-refractivity contribution in [2.75, 3.05) is 32.7 Å². The first kappa shape index (κ1) is 17.3. The molecule has 134 valence electrons. The Bertz CT molecular complexity index is 665. The molecule has 1 amide bonds. The fourth-order valence-electron chi connectivity index (χ4n) is 2.98. The lowest BCUT2D eigenvalue weighted by Gasteiger charge is -2.35. The molecule has 8 nitrogen and oxygen atoms in total. The molecule has 25 heavy (non-hydrogen) atoms. The molecule has 3 rings (SSSR count). The van der Waals surface area contributed by atoms with Crippen LogP contribution in [0, 0.1) is 0 Å². The molecular formula is C17H24N6O2. The van der Waals surface area contributed by atoms with Crippen LogP contribution in [0.3, 0.4) is 0 Å². The van der Waals surface area contributed by atoms with Crippen LogP contribution in [0.1, 0.15) is 20.3 Å². The smallest absolute Gasteiger partial charge is 0.263 e. The predicted molar refractivity (Wildman–Crippen MR) is 92.6 cm³/mol. The van der Waals surface area contributed by atoms with Crippen LogP contribution in [-0.4, -0.2) is 74.7 Å². The number of carbonyl (C=O) groups is 1. The fourth-order valence-corrected chi connectivity index (χ4v) is 2.98. The highest BCUT2D eigenvalue weighted by atomic mass is 16.5. The number of hydrogen-bond acceptors (Lipinski definition) is 6. The number of ether oxygens (including phenoxy) is 1. The topological polar surface area (TPSA) is 76.4 Å². The van der Waals surface area contributed by atoms with Gasteiger partial charge in [0.15, 0.2) is 6.10 Å². The number of nitrogens with zero attached hydrogens (tertiary/aromatic N) is 6. The van der Waals surface area contributed by atoms with Crippen LogP contribution < -0.4 is 4.74 Å². The minimum atomic E-state index is -0.503. The molecule has 1 aromatic carbocycles. The van der Waals surface area contributed by atoms with Gasteiger partial charge in [0.05, 0.1) is 5.69 Å². The zero-order valence-electron chi connectivity index (χ0n) is 14.7. The first-order valence-corrected chi connectivity index (χ1v) is 8.68. The maximum absolute atomic E-state index is 12.6. The van der Waals surface area contributed by atoms with Gasteiger partial charge in [-0.1, -0.05) is 6.92 Å². The van der Waals surface area contributed by atoms with Gasteiger partial charge >= 0.3 is 0 Å². The van der Waals surface area contributed by atoms with Crippen LogP contribution in [0.5, 0.6) is 5.75 Å². The molecule has 2 aromatic rings. The summed E-state index contributed by atoms with van der Waals surface area (Å²) >= 11 is 0. The summed E-state index contributed by atoms with van der Waals surface area (Å²) in [5.41, 5.74) is 0.836. The highest BCUT2D eigenvalue weighted by Crippen LogP contribution is 2.17. The van der Waals surface area contributed by atoms with E-state index in [1.54, 1.807) is 11.6 Å². The van der Waals surface area contributed by atoms with Gasteiger partial charge in [-0.2, -0.15) is 0 Å². The Labute approximate surface area is 147 Å². The molecule has 0 radical (unpaired) electrons. The minimum Gasteiger partial charge on any atom is -0.481 e. The van der Waals surface area contributed by atoms with Gasteiger partial charge in [0.1, 0.15) is 12.1 Å². The first-order valence-electron chi connectivity index (χ1n) is 8.68. The molecule has 0 spiro atoms. The average Bonchev–Trinajstić information content (AvgIpc) is 3.17. The van der Waals surface area contributed by atoms with E-state index in [9.17, 15) is 4.79 Å². The molecule has 1 saturated heterocycles. The summed E-state index contributed by atoms with van der Waals surface area (Å²) in [5, 5.41) is 11.1. The molecule has 0 N–H and O–H groups in total. The van der Waals surface area contributed by atoms with Gasteiger partial charge in [-0.05, 0) is 54.6 Å². The Hall–Kier alpha value is -2.48. The molecule has 1 aromatic heterocycles. The molecule has 1 atom stereocenters. The van der Waals surface area contributed by atoms with Crippen molar-refractivity contribution in [2.45, 2.75) is 26.4 Å². The van der Waals surface area contributed by atoms with E-state index in [1.807, 2.05) is 29.2 Å². The normalized spacial score (nSPS) is 16.6. The zero-order valence-corrected chi connectivity index (χ0v) is 14.7. The number of benzene rings is 1. The second-order valence-electron chi connectivity index (χ2n) is 6.18. The van der Waals surface area contributed by atoms with Gasteiger partial charge in [0.2, 0.25) is 0 Å². The third-order valence-electron chi connectivity index (χ3n) is 4.33. The van der Waals surface area contributed by atoms with E-state index >= 15 is 0 Å². The number of amides is 1. The lowest BCUT2D eigenvalue weighted by Crippen LogP contribution is -2.51. The van der Waals surface area contributed by atoms with Crippen molar-refractivity contribution in [2.24, 2.45) is 0 Å². The van der Waals surface area contributed by atoms with Gasteiger partial charge in [0.25, 0.3) is 5.91 Å². The van der Waals surface area contributed by atoms with Crippen molar-refractivity contribution in [3.8, 4) is 11.4 Å². The van der Waals surface area contributed by atoms with Crippen LogP contribution in [0.15, 0.2) is 30.6 Å². The third kappa shape index (κ3) is 4.33. The van der Waals surface area contributed by atoms with Gasteiger partial charge in [-0.25, -0.2) is 4.68 Å². The zero-order chi connectivity index (χ0) is 17.6. The van der Waals surface area contributed by atoms with Crippen LogP contribution in [0.25, 0.3) is 5.69 Å². The summed E-state index contributed by atoms with van der Waals surface area (Å²) in [5.74, 6) is 0.697. The molecule has 1 fully saturated rings. The Morgan fingerprint density at radius 1 is 1.20 bits per heavy atom. The highest BCUT2D eigenvalue weighted by Gasteiger charge is 2.25. The van der Waals surface area contributed by atoms with E-state index in [0.717, 1.165) is 44.8 Å². The van der Waals surface area contributed by atoms with E-state index in [2.05, 4.69) is 27.3 Å². The van der Waals surface area contributed by atoms with Crippen LogP contribution in [-0.2, 0) is 4.79 Å². The quantitative estimate of drug-likeness (QED) is 0.778. The molecule has 1 aliphatic heterocycles. The molecule has 8 heteroatoms. The van der Waals surface area contributed by atoms with Crippen molar-refractivity contribution in [1.29, 1.82) is 0 Å². The number of carbonyl (C=O) groups excluding carboxylic acids is 1. The van der Waals surface area contributed by atoms with Gasteiger partial charge in [0, 0.05) is 26.2 Å². The summed E-state index contributed by atoms with van der Waals surface area (Å²) in [6.45, 7) is 8.49. The Morgan fingerprint density at radius 2 is 1.92 bits per heavy atom. The molecular weight excluding hydrogens is 320 g/mol. The summed E-state index contributed by atoms with van der Waals surface area (Å²) in [4.78, 5) is 16.9. The fraction of sp³-hybridized carbons (Fsp3) is 0.529. The average molecular weight is 344 g/mol. The van der Waals surface area contributed by atoms with Crippen LogP contribution in [0.2, 0.25) is 0 Å². The van der Waals surface area contributed by atoms with E-state index in [1.165, 1.54) is 6.33 Å². The minimum absolute atomic E-state index is 0.0423. The molecule has 2 heterocycles. The maximum atomic E-state index is 12.6. The Balaban J connectivity index is 1.53. The van der Waals surface area contributed by atoms with Crippen molar-refractivity contribution < 1.29 is 9.53 Å². The molecule has 1 aliphatic rings. The lowest BCUT2D eigenvalue weighted by molar-refractivity contribution is -0.139. The summed E-state index contributed by atoms with van der Waals surface area (Å²) in [6.07, 6.45) is 2.17. The number of aromatic nitrogens is 4. The van der Waals surface area contributed by atoms with Gasteiger partial charge in [-0.3, -0.25) is 9.69 Å². The van der Waals surface area contributed by atoms with Gasteiger partial charge in [-0.15, -0.1) is 5.10 Å². The first-order chi connectivity index (χ1) is 12.2. The van der Waals surface area contributed by atoms with E-state index in [-0.39, 0.29) is 5.91 Å². The van der Waals surface area contributed by atoms with Crippen molar-refractivity contribution in [3.05, 3.63) is 30.6 Å². The van der Waals surface area contributed by atoms with Crippen molar-refractivity contribution >= 4 is 5.91 Å². The predicted octanol–water partition coefficient (Wildman–Crippen LogP) is 0.984. The highest BCUT2D eigenvalue weighted by molar-refractivity contribution is 5.81. The van der Waals surface area contributed by atoms with Crippen molar-refractivity contribution in [1.82, 2.24) is 30.0 Å². The lowest BCUT2D eigenvalue weighted by atomic mass is 10.2. The third-order valence-corrected chi connectivity index (χ3v) is 4.33. The van der Waals surface area contributed by atoms with Crippen LogP contribution >= 0.6 is 0 Å². The summed E-state index contributed by atoms with van der Waals surface area (Å²) in [6, 6.07) is 7.35. The van der Waals surface area contributed by atoms with E-state index in [0.29, 0.717) is 5.75 Å². The number of piperazine rings is 1. The SMILES string of the molecule is CCCN1CCN(C(=O)C(C)Oc2ccc(-n3cnnn3)cc2)CC1. The number of rotatable bonds is 6. The second-order valence-corrected chi connectivity index (χ2v) is 6.18. The molecule has 0 saturated carbocycles. The maximum Gasteiger partial charge on any atom is 0.263 e. The van der Waals surface area contributed by atoms with E-state index in [4.69, 9.17) is 4.74 Å². The van der Waals surface area contributed by atoms with Gasteiger partial charge < -0.3 is 9.64 Å². The van der Waals surface area contributed by atoms with E-state index < -0.39 is 6.10 Å². The Morgan fingerprint density at radius 3 is 2.52 bits per heavy atom. The number of tetrazole rings is 1. The van der Waals surface area contributed by atoms with Crippen molar-refractivity contribution in [3.63, 3.8) is 0 Å². The Kier molecular flexibility index (Phi) is 5.60. The molecule has 0 aliphatic carbocycles. The summed E-state index contributed by atoms with van der Waals surface area (Å²) < 4.78 is 7.37. The van der Waals surface area contributed by atoms with Crippen LogP contribution in [0.4, 0.5) is 0 Å². The summed E-state index contributed by atoms with van der Waals surface area (Å²) in [7, 11) is 0. The largest absolute Gasteiger partial charge is 0.481 e. The number of hydrogen-bond donors (Lipinski definition) is 0. The molecule has 0 bridgehead atoms. The monoisotopic (exact) mass is 344 g/mol. The standard InChI is InChI=1S/C17H24N6O2/c1-3-8-21-9-11-22(12-10-21)17(24)14(2)25-16-6-4-15(5-7-16)23-13-18-19-20-23/h4-7,13-14H,3,8-12H2,1-2H3. The molecule has 1 unspecified atom stereocenters. The second kappa shape index (κ2) is 8.06.